The van der Waals surface area contributed by atoms with Gasteiger partial charge in [0.05, 0.1) is 24.9 Å². The Kier molecular flexibility index (Phi) is 3.13. The van der Waals surface area contributed by atoms with Gasteiger partial charge in [-0.05, 0) is 12.8 Å². The van der Waals surface area contributed by atoms with E-state index in [2.05, 4.69) is 10.2 Å². The van der Waals surface area contributed by atoms with Gasteiger partial charge in [-0.3, -0.25) is 5.10 Å². The molecule has 18 heavy (non-hydrogen) atoms. The van der Waals surface area contributed by atoms with Gasteiger partial charge in [0.2, 0.25) is 10.0 Å². The minimum Gasteiger partial charge on any atom is -0.375 e. The monoisotopic (exact) mass is 271 g/mol. The zero-order valence-electron chi connectivity index (χ0n) is 10.1. The Morgan fingerprint density at radius 2 is 2.22 bits per heavy atom. The lowest BCUT2D eigenvalue weighted by molar-refractivity contribution is -0.0586. The summed E-state index contributed by atoms with van der Waals surface area (Å²) < 4.78 is 32.3. The lowest BCUT2D eigenvalue weighted by Crippen LogP contribution is -2.54. The van der Waals surface area contributed by atoms with Crippen molar-refractivity contribution >= 4 is 10.0 Å². The van der Waals surface area contributed by atoms with E-state index in [9.17, 15) is 8.42 Å². The molecule has 0 spiro atoms. The van der Waals surface area contributed by atoms with Gasteiger partial charge in [-0.1, -0.05) is 12.8 Å². The minimum atomic E-state index is -3.43. The number of hydrogen-bond donors (Lipinski definition) is 1. The highest BCUT2D eigenvalue weighted by molar-refractivity contribution is 7.89. The smallest absolute Gasteiger partial charge is 0.246 e. The molecule has 3 rings (SSSR count). The summed E-state index contributed by atoms with van der Waals surface area (Å²) in [6, 6.07) is -0.00704. The van der Waals surface area contributed by atoms with Gasteiger partial charge in [0.15, 0.2) is 0 Å². The van der Waals surface area contributed by atoms with Crippen LogP contribution < -0.4 is 0 Å². The third-order valence-corrected chi connectivity index (χ3v) is 5.65. The number of sulfonamides is 1. The highest BCUT2D eigenvalue weighted by Crippen LogP contribution is 2.31. The summed E-state index contributed by atoms with van der Waals surface area (Å²) in [5.41, 5.74) is 0. The second-order valence-electron chi connectivity index (χ2n) is 4.81. The molecule has 1 N–H and O–H groups in total. The molecule has 1 aliphatic carbocycles. The maximum atomic E-state index is 12.5. The SMILES string of the molecule is O=S(=O)(c1cn[nH]c1)N1CCOC2CCCCC21. The molecule has 7 heteroatoms. The van der Waals surface area contributed by atoms with Crippen LogP contribution in [0, 0.1) is 0 Å². The van der Waals surface area contributed by atoms with Gasteiger partial charge in [0.25, 0.3) is 0 Å². The van der Waals surface area contributed by atoms with Crippen molar-refractivity contribution in [2.45, 2.75) is 42.7 Å². The molecule has 2 atom stereocenters. The number of fused-ring (bicyclic) bond motifs is 1. The predicted molar refractivity (Wildman–Crippen MR) is 64.5 cm³/mol. The number of ether oxygens (including phenoxy) is 1. The van der Waals surface area contributed by atoms with Gasteiger partial charge in [-0.2, -0.15) is 9.40 Å². The Morgan fingerprint density at radius 1 is 1.39 bits per heavy atom. The number of H-pyrrole nitrogens is 1. The number of nitrogens with zero attached hydrogens (tertiary/aromatic N) is 2. The minimum absolute atomic E-state index is 0.00704. The maximum absolute atomic E-state index is 12.5. The van der Waals surface area contributed by atoms with E-state index in [4.69, 9.17) is 4.74 Å². The van der Waals surface area contributed by atoms with Gasteiger partial charge in [-0.15, -0.1) is 0 Å². The van der Waals surface area contributed by atoms with Gasteiger partial charge in [0, 0.05) is 12.7 Å². The normalized spacial score (nSPS) is 30.0. The largest absolute Gasteiger partial charge is 0.375 e. The quantitative estimate of drug-likeness (QED) is 0.861. The van der Waals surface area contributed by atoms with Crippen molar-refractivity contribution in [3.8, 4) is 0 Å². The van der Waals surface area contributed by atoms with Crippen molar-refractivity contribution in [3.63, 3.8) is 0 Å². The van der Waals surface area contributed by atoms with E-state index < -0.39 is 10.0 Å². The van der Waals surface area contributed by atoms with Crippen LogP contribution in [0.4, 0.5) is 0 Å². The van der Waals surface area contributed by atoms with E-state index in [1.165, 1.54) is 12.4 Å². The molecule has 0 bridgehead atoms. The summed E-state index contributed by atoms with van der Waals surface area (Å²) in [5, 5.41) is 6.29. The fourth-order valence-corrected chi connectivity index (χ4v) is 4.45. The van der Waals surface area contributed by atoms with Crippen LogP contribution in [0.25, 0.3) is 0 Å². The summed E-state index contributed by atoms with van der Waals surface area (Å²) >= 11 is 0. The zero-order valence-corrected chi connectivity index (χ0v) is 10.9. The Hall–Kier alpha value is -0.920. The second-order valence-corrected chi connectivity index (χ2v) is 6.70. The van der Waals surface area contributed by atoms with Crippen LogP contribution in [0.2, 0.25) is 0 Å². The highest BCUT2D eigenvalue weighted by Gasteiger charge is 2.41. The van der Waals surface area contributed by atoms with Crippen molar-refractivity contribution in [2.24, 2.45) is 0 Å². The topological polar surface area (TPSA) is 75.3 Å². The molecular weight excluding hydrogens is 254 g/mol. The van der Waals surface area contributed by atoms with Crippen molar-refractivity contribution in [3.05, 3.63) is 12.4 Å². The fraction of sp³-hybridized carbons (Fsp3) is 0.727. The molecule has 1 saturated carbocycles. The predicted octanol–water partition coefficient (Wildman–Crippen LogP) is 0.742. The average molecular weight is 271 g/mol. The van der Waals surface area contributed by atoms with Gasteiger partial charge in [0.1, 0.15) is 4.90 Å². The molecule has 2 unspecified atom stereocenters. The molecule has 6 nitrogen and oxygen atoms in total. The molecule has 2 fully saturated rings. The van der Waals surface area contributed by atoms with E-state index >= 15 is 0 Å². The summed E-state index contributed by atoms with van der Waals surface area (Å²) in [7, 11) is -3.43. The van der Waals surface area contributed by atoms with Crippen LogP contribution in [-0.2, 0) is 14.8 Å². The Labute approximate surface area is 106 Å². The lowest BCUT2D eigenvalue weighted by atomic mass is 9.91. The molecule has 0 aromatic carbocycles. The molecule has 1 aromatic rings. The summed E-state index contributed by atoms with van der Waals surface area (Å²) in [6.45, 7) is 0.924. The fourth-order valence-electron chi connectivity index (χ4n) is 2.87. The van der Waals surface area contributed by atoms with Gasteiger partial charge < -0.3 is 4.74 Å². The van der Waals surface area contributed by atoms with E-state index in [0.29, 0.717) is 13.2 Å². The van der Waals surface area contributed by atoms with Crippen LogP contribution >= 0.6 is 0 Å². The zero-order chi connectivity index (χ0) is 12.6. The molecule has 0 amide bonds. The van der Waals surface area contributed by atoms with E-state index in [1.54, 1.807) is 4.31 Å². The molecule has 1 aliphatic heterocycles. The van der Waals surface area contributed by atoms with E-state index in [-0.39, 0.29) is 17.0 Å². The van der Waals surface area contributed by atoms with Gasteiger partial charge >= 0.3 is 0 Å². The number of aromatic amines is 1. The molecule has 2 heterocycles. The molecule has 100 valence electrons. The standard InChI is InChI=1S/C11H17N3O3S/c15-18(16,9-7-12-13-8-9)14-5-6-17-11-4-2-1-3-10(11)14/h7-8,10-11H,1-6H2,(H,12,13). The van der Waals surface area contributed by atoms with E-state index in [1.807, 2.05) is 0 Å². The number of nitrogens with one attached hydrogen (secondary N) is 1. The molecular formula is C11H17N3O3S. The molecule has 0 radical (unpaired) electrons. The first-order valence-corrected chi connectivity index (χ1v) is 7.76. The van der Waals surface area contributed by atoms with E-state index in [0.717, 1.165) is 25.7 Å². The van der Waals surface area contributed by atoms with Crippen molar-refractivity contribution in [1.29, 1.82) is 0 Å². The first kappa shape index (κ1) is 12.1. The third-order valence-electron chi connectivity index (χ3n) is 3.76. The van der Waals surface area contributed by atoms with Crippen molar-refractivity contribution in [1.82, 2.24) is 14.5 Å². The first-order chi connectivity index (χ1) is 8.69. The third kappa shape index (κ3) is 1.96. The summed E-state index contributed by atoms with van der Waals surface area (Å²) in [6.07, 6.45) is 6.91. The molecule has 1 saturated heterocycles. The van der Waals surface area contributed by atoms with Crippen LogP contribution in [0.15, 0.2) is 17.3 Å². The highest BCUT2D eigenvalue weighted by atomic mass is 32.2. The van der Waals surface area contributed by atoms with Crippen LogP contribution in [0.1, 0.15) is 25.7 Å². The van der Waals surface area contributed by atoms with Crippen LogP contribution in [-0.4, -0.2) is 48.2 Å². The Balaban J connectivity index is 1.90. The second kappa shape index (κ2) is 4.64. The molecule has 2 aliphatic rings. The number of rotatable bonds is 2. The first-order valence-electron chi connectivity index (χ1n) is 6.32. The van der Waals surface area contributed by atoms with Crippen molar-refractivity contribution in [2.75, 3.05) is 13.2 Å². The maximum Gasteiger partial charge on any atom is 0.246 e. The summed E-state index contributed by atoms with van der Waals surface area (Å²) in [5.74, 6) is 0. The van der Waals surface area contributed by atoms with Crippen LogP contribution in [0.5, 0.6) is 0 Å². The van der Waals surface area contributed by atoms with Gasteiger partial charge in [-0.25, -0.2) is 8.42 Å². The summed E-state index contributed by atoms with van der Waals surface area (Å²) in [4.78, 5) is 0.244. The Bertz CT molecular complexity index is 498. The number of morpholine rings is 1. The number of aromatic nitrogens is 2. The van der Waals surface area contributed by atoms with Crippen LogP contribution in [0.3, 0.4) is 0 Å². The lowest BCUT2D eigenvalue weighted by Gasteiger charge is -2.42. The Morgan fingerprint density at radius 3 is 3.00 bits per heavy atom. The van der Waals surface area contributed by atoms with Crippen molar-refractivity contribution < 1.29 is 13.2 Å². The average Bonchev–Trinajstić information content (AvgIpc) is 2.92. The number of hydrogen-bond acceptors (Lipinski definition) is 4. The molecule has 1 aromatic heterocycles.